The summed E-state index contributed by atoms with van der Waals surface area (Å²) in [5.74, 6) is 0.155. The van der Waals surface area contributed by atoms with Crippen molar-refractivity contribution in [3.05, 3.63) is 60.7 Å². The summed E-state index contributed by atoms with van der Waals surface area (Å²) in [5.41, 5.74) is 0. The van der Waals surface area contributed by atoms with Gasteiger partial charge < -0.3 is 17.9 Å². The maximum atomic E-state index is 13.4. The summed E-state index contributed by atoms with van der Waals surface area (Å²) in [5, 5.41) is 0. The van der Waals surface area contributed by atoms with E-state index in [1.54, 1.807) is 36.4 Å². The minimum Gasteiger partial charge on any atom is -0.627 e. The summed E-state index contributed by atoms with van der Waals surface area (Å²) in [6.45, 7) is 0. The molecule has 2 aromatic rings. The molecule has 0 saturated heterocycles. The molecule has 88 valence electrons. The van der Waals surface area contributed by atoms with Gasteiger partial charge in [0.2, 0.25) is 0 Å². The molecule has 2 rings (SSSR count). The average Bonchev–Trinajstić information content (AvgIpc) is 2.30. The summed E-state index contributed by atoms with van der Waals surface area (Å²) < 4.78 is 35.9. The highest BCUT2D eigenvalue weighted by atomic mass is 19.3. The van der Waals surface area contributed by atoms with Crippen LogP contribution in [0.1, 0.15) is 0 Å². The van der Waals surface area contributed by atoms with Crippen molar-refractivity contribution in [3.63, 3.8) is 0 Å². The van der Waals surface area contributed by atoms with E-state index < -0.39 is 7.11 Å². The SMILES string of the molecule is F[B-](F)(Oc1ccccc1)Oc1ccccc1. The Balaban J connectivity index is 2.04. The molecule has 2 aromatic carbocycles. The zero-order valence-electron chi connectivity index (χ0n) is 8.92. The molecule has 5 heteroatoms. The molecule has 0 spiro atoms. The molecule has 0 aliphatic carbocycles. The van der Waals surface area contributed by atoms with E-state index >= 15 is 0 Å². The zero-order chi connectivity index (χ0) is 12.1. The van der Waals surface area contributed by atoms with Gasteiger partial charge in [0.15, 0.2) is 0 Å². The fraction of sp³-hybridized carbons (Fsp3) is 0. The number of hydrogen-bond donors (Lipinski definition) is 0. The summed E-state index contributed by atoms with van der Waals surface area (Å²) in [4.78, 5) is 0. The molecule has 0 aliphatic heterocycles. The number of benzene rings is 2. The minimum absolute atomic E-state index is 0.0773. The van der Waals surface area contributed by atoms with Crippen molar-refractivity contribution in [2.24, 2.45) is 0 Å². The second kappa shape index (κ2) is 4.87. The second-order valence-electron chi connectivity index (χ2n) is 3.40. The fourth-order valence-corrected chi connectivity index (χ4v) is 1.34. The lowest BCUT2D eigenvalue weighted by atomic mass is 10.2. The zero-order valence-corrected chi connectivity index (χ0v) is 8.92. The Morgan fingerprint density at radius 3 is 1.35 bits per heavy atom. The van der Waals surface area contributed by atoms with E-state index in [1.807, 2.05) is 0 Å². The van der Waals surface area contributed by atoms with Crippen molar-refractivity contribution in [1.29, 1.82) is 0 Å². The highest BCUT2D eigenvalue weighted by Crippen LogP contribution is 2.21. The first-order chi connectivity index (χ1) is 8.16. The summed E-state index contributed by atoms with van der Waals surface area (Å²) in [6, 6.07) is 15.7. The first-order valence-electron chi connectivity index (χ1n) is 5.14. The topological polar surface area (TPSA) is 18.5 Å². The monoisotopic (exact) mass is 235 g/mol. The summed E-state index contributed by atoms with van der Waals surface area (Å²) >= 11 is 0. The van der Waals surface area contributed by atoms with Crippen molar-refractivity contribution in [2.45, 2.75) is 0 Å². The van der Waals surface area contributed by atoms with E-state index in [0.717, 1.165) is 0 Å². The average molecular weight is 235 g/mol. The third-order valence-electron chi connectivity index (χ3n) is 2.03. The molecule has 2 nitrogen and oxygen atoms in total. The lowest BCUT2D eigenvalue weighted by Gasteiger charge is -2.27. The van der Waals surface area contributed by atoms with E-state index in [2.05, 4.69) is 9.31 Å². The predicted molar refractivity (Wildman–Crippen MR) is 62.1 cm³/mol. The normalized spacial score (nSPS) is 10.9. The first kappa shape index (κ1) is 11.5. The van der Waals surface area contributed by atoms with Gasteiger partial charge in [0, 0.05) is 0 Å². The number of para-hydroxylation sites is 2. The van der Waals surface area contributed by atoms with Crippen LogP contribution >= 0.6 is 0 Å². The van der Waals surface area contributed by atoms with Gasteiger partial charge in [-0.2, -0.15) is 0 Å². The van der Waals surface area contributed by atoms with Crippen molar-refractivity contribution in [1.82, 2.24) is 0 Å². The van der Waals surface area contributed by atoms with E-state index in [9.17, 15) is 8.63 Å². The third kappa shape index (κ3) is 3.48. The molecular weight excluding hydrogens is 225 g/mol. The van der Waals surface area contributed by atoms with Crippen LogP contribution < -0.4 is 9.31 Å². The summed E-state index contributed by atoms with van der Waals surface area (Å²) in [7, 11) is -4.36. The molecule has 0 saturated carbocycles. The van der Waals surface area contributed by atoms with E-state index in [4.69, 9.17) is 0 Å². The maximum Gasteiger partial charge on any atom is 0.725 e. The van der Waals surface area contributed by atoms with E-state index in [-0.39, 0.29) is 11.5 Å². The molecule has 0 unspecified atom stereocenters. The molecule has 0 aromatic heterocycles. The first-order valence-corrected chi connectivity index (χ1v) is 5.14. The highest BCUT2D eigenvalue weighted by molar-refractivity contribution is 6.53. The van der Waals surface area contributed by atoms with Gasteiger partial charge in [-0.1, -0.05) is 36.4 Å². The molecule has 0 N–H and O–H groups in total. The Labute approximate surface area is 97.9 Å². The Morgan fingerprint density at radius 1 is 0.647 bits per heavy atom. The van der Waals surface area contributed by atoms with Crippen LogP contribution in [0.2, 0.25) is 0 Å². The van der Waals surface area contributed by atoms with Crippen LogP contribution in [0.25, 0.3) is 0 Å². The lowest BCUT2D eigenvalue weighted by molar-refractivity contribution is 0.243. The predicted octanol–water partition coefficient (Wildman–Crippen LogP) is 3.52. The molecule has 17 heavy (non-hydrogen) atoms. The van der Waals surface area contributed by atoms with Crippen molar-refractivity contribution in [3.8, 4) is 11.5 Å². The van der Waals surface area contributed by atoms with Gasteiger partial charge in [-0.15, -0.1) is 0 Å². The molecule has 0 amide bonds. The molecule has 0 aliphatic rings. The molecule has 0 fully saturated rings. The van der Waals surface area contributed by atoms with E-state index in [1.165, 1.54) is 24.3 Å². The van der Waals surface area contributed by atoms with Gasteiger partial charge in [0.05, 0.1) is 11.5 Å². The van der Waals surface area contributed by atoms with Crippen molar-refractivity contribution >= 4 is 7.11 Å². The van der Waals surface area contributed by atoms with Crippen molar-refractivity contribution in [2.75, 3.05) is 0 Å². The standard InChI is InChI=1S/C12H10BF2O2/c14-13(15,16-11-7-3-1-4-8-11)17-12-9-5-2-6-10-12/h1-10H/q-1. The molecule has 0 radical (unpaired) electrons. The van der Waals surface area contributed by atoms with Crippen LogP contribution in [-0.2, 0) is 0 Å². The quantitative estimate of drug-likeness (QED) is 0.754. The van der Waals surface area contributed by atoms with Crippen LogP contribution in [0, 0.1) is 0 Å². The molecule has 0 atom stereocenters. The Hall–Kier alpha value is -2.04. The van der Waals surface area contributed by atoms with Gasteiger partial charge in [-0.05, 0) is 24.3 Å². The summed E-state index contributed by atoms with van der Waals surface area (Å²) in [6.07, 6.45) is 0. The van der Waals surface area contributed by atoms with Crippen LogP contribution in [0.15, 0.2) is 60.7 Å². The largest absolute Gasteiger partial charge is 0.725 e. The van der Waals surface area contributed by atoms with E-state index in [0.29, 0.717) is 0 Å². The van der Waals surface area contributed by atoms with Crippen LogP contribution in [0.3, 0.4) is 0 Å². The highest BCUT2D eigenvalue weighted by Gasteiger charge is 2.33. The molecule has 0 bridgehead atoms. The van der Waals surface area contributed by atoms with Crippen LogP contribution in [0.4, 0.5) is 8.63 Å². The van der Waals surface area contributed by atoms with Gasteiger partial charge in [0.25, 0.3) is 0 Å². The number of halogens is 2. The minimum atomic E-state index is -4.36. The van der Waals surface area contributed by atoms with Gasteiger partial charge in [-0.3, -0.25) is 0 Å². The Morgan fingerprint density at radius 2 is 1.00 bits per heavy atom. The van der Waals surface area contributed by atoms with Crippen molar-refractivity contribution < 1.29 is 17.9 Å². The van der Waals surface area contributed by atoms with Gasteiger partial charge in [-0.25, -0.2) is 0 Å². The van der Waals surface area contributed by atoms with Crippen LogP contribution in [0.5, 0.6) is 11.5 Å². The number of rotatable bonds is 4. The lowest BCUT2D eigenvalue weighted by Crippen LogP contribution is -2.39. The number of hydrogen-bond acceptors (Lipinski definition) is 2. The fourth-order valence-electron chi connectivity index (χ4n) is 1.34. The second-order valence-corrected chi connectivity index (χ2v) is 3.40. The third-order valence-corrected chi connectivity index (χ3v) is 2.03. The van der Waals surface area contributed by atoms with Crippen LogP contribution in [-0.4, -0.2) is 7.11 Å². The Kier molecular flexibility index (Phi) is 3.28. The molecular formula is C12H10BF2O2-. The maximum absolute atomic E-state index is 13.4. The van der Waals surface area contributed by atoms with Gasteiger partial charge >= 0.3 is 7.11 Å². The molecule has 0 heterocycles. The Bertz CT molecular complexity index is 419. The van der Waals surface area contributed by atoms with Gasteiger partial charge in [0.1, 0.15) is 0 Å². The smallest absolute Gasteiger partial charge is 0.627 e.